The molecule has 4 rings (SSSR count). The average molecular weight is 252 g/mol. The highest BCUT2D eigenvalue weighted by atomic mass is 16.4. The molecule has 3 heteroatoms. The van der Waals surface area contributed by atoms with Crippen LogP contribution in [0, 0.1) is 0 Å². The van der Waals surface area contributed by atoms with Crippen LogP contribution in [0.25, 0.3) is 0 Å². The van der Waals surface area contributed by atoms with Gasteiger partial charge in [-0.15, -0.1) is 0 Å². The number of carbonyl (C=O) groups excluding carboxylic acids is 2. The molecule has 0 N–H and O–H groups in total. The first kappa shape index (κ1) is 10.7. The maximum atomic E-state index is 12.6. The van der Waals surface area contributed by atoms with Gasteiger partial charge in [-0.1, -0.05) is 24.3 Å². The van der Waals surface area contributed by atoms with Crippen LogP contribution >= 0.6 is 0 Å². The Bertz CT molecular complexity index is 722. The molecule has 19 heavy (non-hydrogen) atoms. The van der Waals surface area contributed by atoms with Crippen LogP contribution in [0.3, 0.4) is 0 Å². The van der Waals surface area contributed by atoms with Crippen LogP contribution in [0.15, 0.2) is 28.7 Å². The smallest absolute Gasteiger partial charge is 0.229 e. The van der Waals surface area contributed by atoms with Gasteiger partial charge in [0, 0.05) is 23.1 Å². The van der Waals surface area contributed by atoms with E-state index in [-0.39, 0.29) is 17.3 Å². The van der Waals surface area contributed by atoms with E-state index in [1.165, 1.54) is 0 Å². The Labute approximate surface area is 110 Å². The van der Waals surface area contributed by atoms with Crippen LogP contribution in [-0.4, -0.2) is 11.6 Å². The van der Waals surface area contributed by atoms with Crippen molar-refractivity contribution in [3.63, 3.8) is 0 Å². The Morgan fingerprint density at radius 1 is 0.895 bits per heavy atom. The molecule has 0 aliphatic heterocycles. The highest BCUT2D eigenvalue weighted by Crippen LogP contribution is 2.36. The Hall–Kier alpha value is -2.16. The molecular weight excluding hydrogens is 240 g/mol. The van der Waals surface area contributed by atoms with Crippen molar-refractivity contribution in [3.05, 3.63) is 58.0 Å². The number of aryl methyl sites for hydroxylation is 1. The van der Waals surface area contributed by atoms with Crippen molar-refractivity contribution in [1.29, 1.82) is 0 Å². The van der Waals surface area contributed by atoms with E-state index in [1.807, 2.05) is 0 Å². The van der Waals surface area contributed by atoms with Gasteiger partial charge in [0.25, 0.3) is 0 Å². The number of rotatable bonds is 0. The summed E-state index contributed by atoms with van der Waals surface area (Å²) in [4.78, 5) is 25.0. The Morgan fingerprint density at radius 3 is 2.37 bits per heavy atom. The minimum Gasteiger partial charge on any atom is -0.456 e. The van der Waals surface area contributed by atoms with Crippen molar-refractivity contribution in [2.75, 3.05) is 0 Å². The van der Waals surface area contributed by atoms with Gasteiger partial charge < -0.3 is 4.42 Å². The monoisotopic (exact) mass is 252 g/mol. The first-order valence-corrected chi connectivity index (χ1v) is 6.60. The van der Waals surface area contributed by atoms with Crippen molar-refractivity contribution in [2.45, 2.75) is 25.7 Å². The van der Waals surface area contributed by atoms with E-state index in [4.69, 9.17) is 4.42 Å². The standard InChI is InChI=1S/C16H12O3/c17-14-9-5-1-2-6-10(9)15(18)16-13(14)11-7-3-4-8-12(11)19-16/h1-2,5-6H,3-4,7-8H2. The molecule has 2 aromatic rings. The largest absolute Gasteiger partial charge is 0.456 e. The van der Waals surface area contributed by atoms with Gasteiger partial charge in [0.1, 0.15) is 5.76 Å². The summed E-state index contributed by atoms with van der Waals surface area (Å²) in [6.07, 6.45) is 3.80. The van der Waals surface area contributed by atoms with E-state index < -0.39 is 0 Å². The number of fused-ring (bicyclic) bond motifs is 4. The number of ketones is 2. The highest BCUT2D eigenvalue weighted by Gasteiger charge is 2.37. The fourth-order valence-electron chi connectivity index (χ4n) is 3.10. The lowest BCUT2D eigenvalue weighted by Gasteiger charge is -2.14. The van der Waals surface area contributed by atoms with E-state index in [2.05, 4.69) is 0 Å². The number of carbonyl (C=O) groups is 2. The summed E-state index contributed by atoms with van der Waals surface area (Å²) in [6.45, 7) is 0. The van der Waals surface area contributed by atoms with Gasteiger partial charge in [0.15, 0.2) is 11.5 Å². The zero-order valence-electron chi connectivity index (χ0n) is 10.4. The van der Waals surface area contributed by atoms with Gasteiger partial charge in [-0.3, -0.25) is 9.59 Å². The quantitative estimate of drug-likeness (QED) is 0.618. The zero-order valence-corrected chi connectivity index (χ0v) is 10.4. The van der Waals surface area contributed by atoms with Crippen LogP contribution < -0.4 is 0 Å². The first-order valence-electron chi connectivity index (χ1n) is 6.60. The number of hydrogen-bond donors (Lipinski definition) is 0. The molecule has 0 saturated carbocycles. The molecule has 0 atom stereocenters. The van der Waals surface area contributed by atoms with Gasteiger partial charge in [-0.05, 0) is 19.3 Å². The summed E-state index contributed by atoms with van der Waals surface area (Å²) >= 11 is 0. The van der Waals surface area contributed by atoms with Crippen molar-refractivity contribution in [1.82, 2.24) is 0 Å². The fraction of sp³-hybridized carbons (Fsp3) is 0.250. The lowest BCUT2D eigenvalue weighted by atomic mass is 9.84. The number of hydrogen-bond acceptors (Lipinski definition) is 3. The first-order chi connectivity index (χ1) is 9.27. The minimum absolute atomic E-state index is 0.0582. The highest BCUT2D eigenvalue weighted by molar-refractivity contribution is 6.28. The van der Waals surface area contributed by atoms with Crippen molar-refractivity contribution in [2.24, 2.45) is 0 Å². The molecule has 0 spiro atoms. The van der Waals surface area contributed by atoms with Crippen LogP contribution in [-0.2, 0) is 12.8 Å². The summed E-state index contributed by atoms with van der Waals surface area (Å²) in [7, 11) is 0. The molecule has 0 bridgehead atoms. The van der Waals surface area contributed by atoms with Crippen molar-refractivity contribution in [3.8, 4) is 0 Å². The molecule has 1 heterocycles. The molecule has 0 saturated heterocycles. The molecule has 94 valence electrons. The van der Waals surface area contributed by atoms with Gasteiger partial charge in [0.05, 0.1) is 5.56 Å². The average Bonchev–Trinajstić information content (AvgIpc) is 2.84. The van der Waals surface area contributed by atoms with Crippen LogP contribution in [0.5, 0.6) is 0 Å². The van der Waals surface area contributed by atoms with Gasteiger partial charge in [0.2, 0.25) is 5.78 Å². The zero-order chi connectivity index (χ0) is 13.0. The maximum Gasteiger partial charge on any atom is 0.229 e. The fourth-order valence-corrected chi connectivity index (χ4v) is 3.10. The van der Waals surface area contributed by atoms with Gasteiger partial charge >= 0.3 is 0 Å². The summed E-state index contributed by atoms with van der Waals surface area (Å²) in [5, 5.41) is 0. The normalized spacial score (nSPS) is 16.8. The molecule has 0 fully saturated rings. The van der Waals surface area contributed by atoms with Crippen molar-refractivity contribution < 1.29 is 14.0 Å². The van der Waals surface area contributed by atoms with E-state index in [0.29, 0.717) is 16.7 Å². The van der Waals surface area contributed by atoms with Crippen molar-refractivity contribution >= 4 is 11.6 Å². The molecule has 0 amide bonds. The topological polar surface area (TPSA) is 47.3 Å². The number of furan rings is 1. The minimum atomic E-state index is -0.153. The van der Waals surface area contributed by atoms with E-state index in [9.17, 15) is 9.59 Å². The molecule has 1 aromatic heterocycles. The van der Waals surface area contributed by atoms with Gasteiger partial charge in [-0.25, -0.2) is 0 Å². The Morgan fingerprint density at radius 2 is 1.58 bits per heavy atom. The van der Waals surface area contributed by atoms with E-state index in [1.54, 1.807) is 24.3 Å². The predicted octanol–water partition coefficient (Wildman–Crippen LogP) is 2.93. The maximum absolute atomic E-state index is 12.6. The van der Waals surface area contributed by atoms with Crippen LogP contribution in [0.1, 0.15) is 56.2 Å². The molecule has 1 aromatic carbocycles. The second kappa shape index (κ2) is 3.67. The van der Waals surface area contributed by atoms with Gasteiger partial charge in [-0.2, -0.15) is 0 Å². The molecule has 0 radical (unpaired) electrons. The van der Waals surface area contributed by atoms with Crippen LogP contribution in [0.4, 0.5) is 0 Å². The third-order valence-electron chi connectivity index (χ3n) is 4.02. The molecular formula is C16H12O3. The second-order valence-corrected chi connectivity index (χ2v) is 5.12. The lowest BCUT2D eigenvalue weighted by Crippen LogP contribution is -2.20. The molecule has 2 aliphatic carbocycles. The summed E-state index contributed by atoms with van der Waals surface area (Å²) < 4.78 is 5.70. The molecule has 2 aliphatic rings. The lowest BCUT2D eigenvalue weighted by molar-refractivity contribution is 0.0959. The molecule has 3 nitrogen and oxygen atoms in total. The second-order valence-electron chi connectivity index (χ2n) is 5.12. The SMILES string of the molecule is O=C1c2ccccc2C(=O)c2c1oc1c2CCCC1. The van der Waals surface area contributed by atoms with Crippen LogP contribution in [0.2, 0.25) is 0 Å². The Balaban J connectivity index is 2.01. The summed E-state index contributed by atoms with van der Waals surface area (Å²) in [5.41, 5.74) is 2.47. The Kier molecular flexibility index (Phi) is 2.07. The summed E-state index contributed by atoms with van der Waals surface area (Å²) in [5.74, 6) is 0.887. The predicted molar refractivity (Wildman–Crippen MR) is 68.7 cm³/mol. The third-order valence-corrected chi connectivity index (χ3v) is 4.02. The summed E-state index contributed by atoms with van der Waals surface area (Å²) in [6, 6.07) is 6.99. The number of benzene rings is 1. The van der Waals surface area contributed by atoms with E-state index in [0.717, 1.165) is 37.0 Å². The third kappa shape index (κ3) is 1.33. The van der Waals surface area contributed by atoms with E-state index >= 15 is 0 Å². The molecule has 0 unspecified atom stereocenters.